The number of hydrogen-bond donors (Lipinski definition) is 6. The van der Waals surface area contributed by atoms with Crippen molar-refractivity contribution in [2.75, 3.05) is 13.2 Å². The van der Waals surface area contributed by atoms with Crippen LogP contribution in [-0.4, -0.2) is 79.2 Å². The number of nitrogens with zero attached hydrogens (tertiary/aromatic N) is 1. The molecule has 0 aliphatic rings. The Balaban J connectivity index is 4.35. The van der Waals surface area contributed by atoms with Crippen LogP contribution in [0.4, 0.5) is 0 Å². The maximum Gasteiger partial charge on any atom is 0.232 e. The molecule has 0 aromatic carbocycles. The lowest BCUT2D eigenvalue weighted by Crippen LogP contribution is -2.51. The molecule has 0 radical (unpaired) electrons. The van der Waals surface area contributed by atoms with Crippen LogP contribution in [0.1, 0.15) is 0 Å². The molecule has 96 valence electrons. The van der Waals surface area contributed by atoms with E-state index in [9.17, 15) is 20.3 Å². The summed E-state index contributed by atoms with van der Waals surface area (Å²) in [5.41, 5.74) is 0. The smallest absolute Gasteiger partial charge is 0.232 e. The van der Waals surface area contributed by atoms with Crippen LogP contribution in [0.2, 0.25) is 0 Å². The normalized spacial score (nSPS) is 20.9. The Kier molecular flexibility index (Phi) is 6.33. The van der Waals surface area contributed by atoms with E-state index in [0.717, 1.165) is 0 Å². The molecule has 0 unspecified atom stereocenters. The first-order valence-corrected chi connectivity index (χ1v) is 4.44. The molecule has 0 amide bonds. The lowest BCUT2D eigenvalue weighted by Gasteiger charge is -2.26. The van der Waals surface area contributed by atoms with E-state index in [1.807, 2.05) is 0 Å². The Bertz CT molecular complexity index is 224. The highest BCUT2D eigenvalue weighted by atomic mass is 16.6. The summed E-state index contributed by atoms with van der Waals surface area (Å²) in [6.07, 6.45) is -9.52. The minimum atomic E-state index is -2.00. The van der Waals surface area contributed by atoms with Crippen molar-refractivity contribution >= 4 is 0 Å². The minimum absolute atomic E-state index is 0.865. The van der Waals surface area contributed by atoms with E-state index >= 15 is 0 Å². The third kappa shape index (κ3) is 4.35. The monoisotopic (exact) mass is 241 g/mol. The van der Waals surface area contributed by atoms with Crippen LogP contribution in [0, 0.1) is 10.1 Å². The largest absolute Gasteiger partial charge is 0.394 e. The molecular weight excluding hydrogens is 226 g/mol. The van der Waals surface area contributed by atoms with Crippen LogP contribution >= 0.6 is 0 Å². The summed E-state index contributed by atoms with van der Waals surface area (Å²) >= 11 is 0. The molecule has 6 N–H and O–H groups in total. The summed E-state index contributed by atoms with van der Waals surface area (Å²) in [6, 6.07) is 0. The third-order valence-electron chi connectivity index (χ3n) is 2.01. The average molecular weight is 241 g/mol. The van der Waals surface area contributed by atoms with Gasteiger partial charge in [-0.2, -0.15) is 0 Å². The molecule has 16 heavy (non-hydrogen) atoms. The van der Waals surface area contributed by atoms with Gasteiger partial charge >= 0.3 is 0 Å². The van der Waals surface area contributed by atoms with Gasteiger partial charge in [-0.15, -0.1) is 0 Å². The molecule has 0 fully saturated rings. The fraction of sp³-hybridized carbons (Fsp3) is 1.00. The zero-order chi connectivity index (χ0) is 12.9. The van der Waals surface area contributed by atoms with Crippen molar-refractivity contribution in [3.05, 3.63) is 10.1 Å². The van der Waals surface area contributed by atoms with Gasteiger partial charge in [0.15, 0.2) is 0 Å². The van der Waals surface area contributed by atoms with E-state index in [-0.39, 0.29) is 0 Å². The molecule has 9 nitrogen and oxygen atoms in total. The first kappa shape index (κ1) is 15.2. The quantitative estimate of drug-likeness (QED) is 0.194. The van der Waals surface area contributed by atoms with E-state index in [0.29, 0.717) is 0 Å². The predicted octanol–water partition coefficient (Wildman–Crippen LogP) is -3.94. The van der Waals surface area contributed by atoms with Gasteiger partial charge in [-0.1, -0.05) is 0 Å². The molecule has 0 rings (SSSR count). The SMILES string of the molecule is O=[N+]([O-])C[C@@H](O)[C@@H](O)[C@@H](O)[C@H](O)[C@H](O)CO. The van der Waals surface area contributed by atoms with Crippen LogP contribution in [0.25, 0.3) is 0 Å². The summed E-state index contributed by atoms with van der Waals surface area (Å²) < 4.78 is 0. The van der Waals surface area contributed by atoms with Gasteiger partial charge in [0.25, 0.3) is 0 Å². The van der Waals surface area contributed by atoms with Gasteiger partial charge in [0.05, 0.1) is 6.61 Å². The number of hydrogen-bond acceptors (Lipinski definition) is 8. The molecule has 5 atom stereocenters. The van der Waals surface area contributed by atoms with E-state index < -0.39 is 48.6 Å². The van der Waals surface area contributed by atoms with Crippen molar-refractivity contribution in [2.24, 2.45) is 0 Å². The molecule has 0 aliphatic carbocycles. The van der Waals surface area contributed by atoms with E-state index in [1.54, 1.807) is 0 Å². The molecule has 0 saturated carbocycles. The summed E-state index contributed by atoms with van der Waals surface area (Å²) in [6.45, 7) is -1.88. The standard InChI is InChI=1S/C7H15NO8/c9-2-4(11)6(13)7(14)5(12)3(10)1-8(15)16/h3-7,9-14H,1-2H2/t3-,4-,5-,6-,7-/m1/s1. The van der Waals surface area contributed by atoms with Crippen molar-refractivity contribution in [2.45, 2.75) is 30.5 Å². The second-order valence-corrected chi connectivity index (χ2v) is 3.30. The first-order chi connectivity index (χ1) is 7.31. The highest BCUT2D eigenvalue weighted by Gasteiger charge is 2.35. The number of aliphatic hydroxyl groups excluding tert-OH is 6. The molecule has 0 heterocycles. The molecule has 0 aromatic heterocycles. The highest BCUT2D eigenvalue weighted by Crippen LogP contribution is 2.08. The van der Waals surface area contributed by atoms with Crippen LogP contribution in [0.5, 0.6) is 0 Å². The van der Waals surface area contributed by atoms with Gasteiger partial charge in [-0.3, -0.25) is 10.1 Å². The topological polar surface area (TPSA) is 165 Å². The molecule has 0 aromatic rings. The molecule has 0 bridgehead atoms. The van der Waals surface area contributed by atoms with E-state index in [1.165, 1.54) is 0 Å². The summed E-state index contributed by atoms with van der Waals surface area (Å²) in [5.74, 6) is 0. The fourth-order valence-electron chi connectivity index (χ4n) is 1.03. The van der Waals surface area contributed by atoms with Gasteiger partial charge in [0, 0.05) is 4.92 Å². The third-order valence-corrected chi connectivity index (χ3v) is 2.01. The van der Waals surface area contributed by atoms with Gasteiger partial charge in [0.2, 0.25) is 6.54 Å². The van der Waals surface area contributed by atoms with E-state index in [4.69, 9.17) is 20.4 Å². The Labute approximate surface area is 90.3 Å². The number of rotatable bonds is 7. The van der Waals surface area contributed by atoms with Crippen molar-refractivity contribution in [1.82, 2.24) is 0 Å². The zero-order valence-corrected chi connectivity index (χ0v) is 8.25. The lowest BCUT2D eigenvalue weighted by atomic mass is 9.99. The summed E-state index contributed by atoms with van der Waals surface area (Å²) in [5, 5.41) is 64.0. The molecule has 0 saturated heterocycles. The zero-order valence-electron chi connectivity index (χ0n) is 8.25. The first-order valence-electron chi connectivity index (χ1n) is 4.44. The maximum atomic E-state index is 10.00. The summed E-state index contributed by atoms with van der Waals surface area (Å²) in [7, 11) is 0. The second-order valence-electron chi connectivity index (χ2n) is 3.30. The summed E-state index contributed by atoms with van der Waals surface area (Å²) in [4.78, 5) is 9.09. The van der Waals surface area contributed by atoms with Gasteiger partial charge < -0.3 is 30.6 Å². The Morgan fingerprint density at radius 2 is 1.38 bits per heavy atom. The highest BCUT2D eigenvalue weighted by molar-refractivity contribution is 4.84. The van der Waals surface area contributed by atoms with Crippen LogP contribution < -0.4 is 0 Å². The minimum Gasteiger partial charge on any atom is -0.394 e. The van der Waals surface area contributed by atoms with Crippen molar-refractivity contribution in [3.8, 4) is 0 Å². The Morgan fingerprint density at radius 3 is 1.75 bits per heavy atom. The Morgan fingerprint density at radius 1 is 0.938 bits per heavy atom. The van der Waals surface area contributed by atoms with Crippen LogP contribution in [-0.2, 0) is 0 Å². The van der Waals surface area contributed by atoms with Crippen molar-refractivity contribution in [1.29, 1.82) is 0 Å². The van der Waals surface area contributed by atoms with E-state index in [2.05, 4.69) is 0 Å². The number of nitro groups is 1. The molecule has 9 heteroatoms. The van der Waals surface area contributed by atoms with Gasteiger partial charge in [-0.25, -0.2) is 0 Å². The predicted molar refractivity (Wildman–Crippen MR) is 49.0 cm³/mol. The molecule has 0 aliphatic heterocycles. The van der Waals surface area contributed by atoms with Crippen LogP contribution in [0.15, 0.2) is 0 Å². The molecule has 0 spiro atoms. The van der Waals surface area contributed by atoms with Gasteiger partial charge in [-0.05, 0) is 0 Å². The fourth-order valence-corrected chi connectivity index (χ4v) is 1.03. The van der Waals surface area contributed by atoms with Crippen molar-refractivity contribution in [3.63, 3.8) is 0 Å². The van der Waals surface area contributed by atoms with Gasteiger partial charge in [0.1, 0.15) is 30.5 Å². The second kappa shape index (κ2) is 6.68. The maximum absolute atomic E-state index is 10.00. The van der Waals surface area contributed by atoms with Crippen LogP contribution in [0.3, 0.4) is 0 Å². The van der Waals surface area contributed by atoms with Crippen molar-refractivity contribution < 1.29 is 35.6 Å². The lowest BCUT2D eigenvalue weighted by molar-refractivity contribution is -0.493. The average Bonchev–Trinajstić information content (AvgIpc) is 2.23. The Hall–Kier alpha value is -0.840. The number of aliphatic hydroxyl groups is 6. The molecular formula is C7H15NO8.